The Balaban J connectivity index is 2.34. The number of para-hydroxylation sites is 1. The van der Waals surface area contributed by atoms with Gasteiger partial charge < -0.3 is 9.47 Å². The number of sulfonamides is 1. The number of ether oxygens (including phenoxy) is 2. The lowest BCUT2D eigenvalue weighted by atomic mass is 10.1. The van der Waals surface area contributed by atoms with Crippen molar-refractivity contribution in [2.45, 2.75) is 17.9 Å². The fourth-order valence-electron chi connectivity index (χ4n) is 2.32. The molecule has 0 fully saturated rings. The summed E-state index contributed by atoms with van der Waals surface area (Å²) in [4.78, 5) is 9.95. The second kappa shape index (κ2) is 7.49. The van der Waals surface area contributed by atoms with E-state index >= 15 is 0 Å². The van der Waals surface area contributed by atoms with Gasteiger partial charge in [-0.15, -0.1) is 0 Å². The number of nitro groups is 1. The summed E-state index contributed by atoms with van der Waals surface area (Å²) in [6.45, 7) is 1.63. The van der Waals surface area contributed by atoms with Crippen LogP contribution >= 0.6 is 0 Å². The third-order valence-corrected chi connectivity index (χ3v) is 5.18. The zero-order chi connectivity index (χ0) is 18.6. The molecule has 1 atom stereocenters. The summed E-state index contributed by atoms with van der Waals surface area (Å²) < 4.78 is 37.9. The lowest BCUT2D eigenvalue weighted by Crippen LogP contribution is -2.27. The maximum absolute atomic E-state index is 12.5. The molecule has 0 heterocycles. The van der Waals surface area contributed by atoms with Crippen LogP contribution in [0.2, 0.25) is 0 Å². The Kier molecular flexibility index (Phi) is 5.60. The van der Waals surface area contributed by atoms with Crippen molar-refractivity contribution in [2.24, 2.45) is 0 Å². The van der Waals surface area contributed by atoms with Gasteiger partial charge >= 0.3 is 0 Å². The third-order valence-electron chi connectivity index (χ3n) is 3.59. The maximum Gasteiger partial charge on any atom is 0.289 e. The Morgan fingerprint density at radius 2 is 1.72 bits per heavy atom. The molecule has 0 bridgehead atoms. The highest BCUT2D eigenvalue weighted by molar-refractivity contribution is 7.89. The molecular formula is C16H18N2O6S. The van der Waals surface area contributed by atoms with E-state index in [-0.39, 0.29) is 4.90 Å². The van der Waals surface area contributed by atoms with E-state index in [9.17, 15) is 18.5 Å². The van der Waals surface area contributed by atoms with Crippen LogP contribution in [0, 0.1) is 10.1 Å². The molecule has 1 N–H and O–H groups in total. The summed E-state index contributed by atoms with van der Waals surface area (Å²) in [7, 11) is -1.11. The van der Waals surface area contributed by atoms with E-state index in [1.54, 1.807) is 25.1 Å². The first kappa shape index (κ1) is 18.7. The van der Waals surface area contributed by atoms with Crippen molar-refractivity contribution in [3.63, 3.8) is 0 Å². The van der Waals surface area contributed by atoms with Crippen LogP contribution in [-0.2, 0) is 10.0 Å². The van der Waals surface area contributed by atoms with Crippen LogP contribution in [0.3, 0.4) is 0 Å². The molecule has 0 radical (unpaired) electrons. The van der Waals surface area contributed by atoms with Crippen molar-refractivity contribution in [1.29, 1.82) is 0 Å². The Hall–Kier alpha value is -2.65. The van der Waals surface area contributed by atoms with Gasteiger partial charge in [0.1, 0.15) is 0 Å². The molecule has 0 saturated carbocycles. The van der Waals surface area contributed by atoms with E-state index < -0.39 is 26.7 Å². The zero-order valence-electron chi connectivity index (χ0n) is 13.9. The molecule has 0 aliphatic rings. The van der Waals surface area contributed by atoms with Gasteiger partial charge in [-0.1, -0.05) is 18.2 Å². The van der Waals surface area contributed by atoms with Gasteiger partial charge in [-0.3, -0.25) is 10.1 Å². The van der Waals surface area contributed by atoms with E-state index in [2.05, 4.69) is 4.72 Å². The molecule has 8 nitrogen and oxygen atoms in total. The molecule has 25 heavy (non-hydrogen) atoms. The zero-order valence-corrected chi connectivity index (χ0v) is 14.7. The number of hydrogen-bond acceptors (Lipinski definition) is 6. The lowest BCUT2D eigenvalue weighted by Gasteiger charge is -2.16. The molecule has 0 amide bonds. The molecule has 1 unspecified atom stereocenters. The number of nitrogens with one attached hydrogen (secondary N) is 1. The number of hydrogen-bond donors (Lipinski definition) is 1. The predicted molar refractivity (Wildman–Crippen MR) is 91.4 cm³/mol. The van der Waals surface area contributed by atoms with Crippen molar-refractivity contribution < 1.29 is 22.8 Å². The first-order valence-electron chi connectivity index (χ1n) is 7.28. The monoisotopic (exact) mass is 366 g/mol. The minimum absolute atomic E-state index is 0.382. The third kappa shape index (κ3) is 4.06. The van der Waals surface area contributed by atoms with Gasteiger partial charge in [0, 0.05) is 12.1 Å². The summed E-state index contributed by atoms with van der Waals surface area (Å²) >= 11 is 0. The van der Waals surface area contributed by atoms with Crippen LogP contribution < -0.4 is 14.2 Å². The molecule has 134 valence electrons. The second-order valence-electron chi connectivity index (χ2n) is 5.18. The van der Waals surface area contributed by atoms with Gasteiger partial charge in [-0.25, -0.2) is 13.1 Å². The highest BCUT2D eigenvalue weighted by atomic mass is 32.2. The first-order chi connectivity index (χ1) is 11.8. The fourth-order valence-corrected chi connectivity index (χ4v) is 3.73. The molecule has 0 saturated heterocycles. The van der Waals surface area contributed by atoms with Crippen molar-refractivity contribution in [3.8, 4) is 11.5 Å². The Labute approximate surface area is 145 Å². The van der Waals surface area contributed by atoms with Crippen LogP contribution in [0.4, 0.5) is 5.69 Å². The van der Waals surface area contributed by atoms with Crippen molar-refractivity contribution in [1.82, 2.24) is 4.72 Å². The fraction of sp³-hybridized carbons (Fsp3) is 0.250. The number of rotatable bonds is 7. The second-order valence-corrected chi connectivity index (χ2v) is 6.86. The lowest BCUT2D eigenvalue weighted by molar-refractivity contribution is -0.387. The Bertz CT molecular complexity index is 882. The summed E-state index contributed by atoms with van der Waals surface area (Å²) in [5.41, 5.74) is 0.148. The number of benzene rings is 2. The van der Waals surface area contributed by atoms with Gasteiger partial charge in [0.2, 0.25) is 10.0 Å². The minimum Gasteiger partial charge on any atom is -0.493 e. The minimum atomic E-state index is -4.08. The maximum atomic E-state index is 12.5. The molecule has 2 rings (SSSR count). The Morgan fingerprint density at radius 3 is 2.32 bits per heavy atom. The van der Waals surface area contributed by atoms with Crippen LogP contribution in [-0.4, -0.2) is 27.6 Å². The van der Waals surface area contributed by atoms with Crippen molar-refractivity contribution in [2.75, 3.05) is 14.2 Å². The van der Waals surface area contributed by atoms with E-state index in [4.69, 9.17) is 9.47 Å². The molecule has 0 spiro atoms. The standard InChI is InChI=1S/C16H18N2O6S/c1-11(12-8-9-14(23-2)15(10-12)24-3)17-25(21,22)16-7-5-4-6-13(16)18(19)20/h4-11,17H,1-3H3. The van der Waals surface area contributed by atoms with Crippen LogP contribution in [0.1, 0.15) is 18.5 Å². The summed E-state index contributed by atoms with van der Waals surface area (Å²) in [5, 5.41) is 11.1. The van der Waals surface area contributed by atoms with E-state index in [0.29, 0.717) is 17.1 Å². The predicted octanol–water partition coefficient (Wildman–Crippen LogP) is 2.65. The van der Waals surface area contributed by atoms with Crippen LogP contribution in [0.15, 0.2) is 47.4 Å². The van der Waals surface area contributed by atoms with Gasteiger partial charge in [0.05, 0.1) is 19.1 Å². The van der Waals surface area contributed by atoms with Crippen molar-refractivity contribution in [3.05, 3.63) is 58.1 Å². The van der Waals surface area contributed by atoms with Crippen molar-refractivity contribution >= 4 is 15.7 Å². The molecular weight excluding hydrogens is 348 g/mol. The van der Waals surface area contributed by atoms with Gasteiger partial charge in [0.25, 0.3) is 5.69 Å². The summed E-state index contributed by atoms with van der Waals surface area (Å²) in [6.07, 6.45) is 0. The largest absolute Gasteiger partial charge is 0.493 e. The summed E-state index contributed by atoms with van der Waals surface area (Å²) in [6, 6.07) is 9.54. The molecule has 0 aliphatic carbocycles. The highest BCUT2D eigenvalue weighted by Crippen LogP contribution is 2.31. The van der Waals surface area contributed by atoms with E-state index in [0.717, 1.165) is 6.07 Å². The van der Waals surface area contributed by atoms with Crippen LogP contribution in [0.25, 0.3) is 0 Å². The van der Waals surface area contributed by atoms with Gasteiger partial charge in [0.15, 0.2) is 16.4 Å². The van der Waals surface area contributed by atoms with Gasteiger partial charge in [-0.05, 0) is 30.7 Å². The van der Waals surface area contributed by atoms with E-state index in [1.165, 1.54) is 32.4 Å². The smallest absolute Gasteiger partial charge is 0.289 e. The highest BCUT2D eigenvalue weighted by Gasteiger charge is 2.27. The molecule has 0 aromatic heterocycles. The number of nitrogens with zero attached hydrogens (tertiary/aromatic N) is 1. The number of methoxy groups -OCH3 is 2. The summed E-state index contributed by atoms with van der Waals surface area (Å²) in [5.74, 6) is 0.969. The SMILES string of the molecule is COc1ccc(C(C)NS(=O)(=O)c2ccccc2[N+](=O)[O-])cc1OC. The average molecular weight is 366 g/mol. The average Bonchev–Trinajstić information content (AvgIpc) is 2.60. The molecule has 2 aromatic rings. The quantitative estimate of drug-likeness (QED) is 0.596. The van der Waals surface area contributed by atoms with E-state index in [1.807, 2.05) is 0 Å². The van der Waals surface area contributed by atoms with Crippen LogP contribution in [0.5, 0.6) is 11.5 Å². The molecule has 9 heteroatoms. The normalized spacial score (nSPS) is 12.4. The molecule has 0 aliphatic heterocycles. The first-order valence-corrected chi connectivity index (χ1v) is 8.76. The topological polar surface area (TPSA) is 108 Å². The molecule has 2 aromatic carbocycles. The van der Waals surface area contributed by atoms with Gasteiger partial charge in [-0.2, -0.15) is 0 Å². The number of nitro benzene ring substituents is 1. The Morgan fingerprint density at radius 1 is 1.08 bits per heavy atom.